The highest BCUT2D eigenvalue weighted by Crippen LogP contribution is 2.14. The van der Waals surface area contributed by atoms with Crippen LogP contribution in [0.15, 0.2) is 29.1 Å². The van der Waals surface area contributed by atoms with Crippen molar-refractivity contribution in [2.75, 3.05) is 6.54 Å². The lowest BCUT2D eigenvalue weighted by Crippen LogP contribution is -2.52. The molecule has 2 atom stereocenters. The zero-order valence-corrected chi connectivity index (χ0v) is 15.1. The van der Waals surface area contributed by atoms with Crippen molar-refractivity contribution in [2.45, 2.75) is 64.7 Å². The fourth-order valence-electron chi connectivity index (χ4n) is 3.66. The number of fused-ring (bicyclic) bond motifs is 1. The van der Waals surface area contributed by atoms with Gasteiger partial charge in [-0.1, -0.05) is 19.1 Å². The van der Waals surface area contributed by atoms with Crippen LogP contribution in [0.5, 0.6) is 0 Å². The molecule has 2 aromatic rings. The molecule has 136 valence electrons. The number of nitrogens with zero attached hydrogens (tertiary/aromatic N) is 2. The number of nitrogens with one attached hydrogen (secondary N) is 2. The summed E-state index contributed by atoms with van der Waals surface area (Å²) in [5.41, 5.74) is 1.82. The molecule has 25 heavy (non-hydrogen) atoms. The molecule has 1 amide bonds. The Morgan fingerprint density at radius 3 is 2.56 bits per heavy atom. The van der Waals surface area contributed by atoms with E-state index in [9.17, 15) is 9.59 Å². The van der Waals surface area contributed by atoms with Gasteiger partial charge in [-0.05, 0) is 44.9 Å². The molecule has 1 aliphatic heterocycles. The van der Waals surface area contributed by atoms with E-state index in [1.807, 2.05) is 24.3 Å². The normalized spacial score (nSPS) is 20.7. The Bertz CT molecular complexity index is 792. The van der Waals surface area contributed by atoms with Crippen LogP contribution in [0.3, 0.4) is 0 Å². The molecule has 2 unspecified atom stereocenters. The van der Waals surface area contributed by atoms with Gasteiger partial charge in [0, 0.05) is 31.6 Å². The van der Waals surface area contributed by atoms with Crippen molar-refractivity contribution in [2.24, 2.45) is 0 Å². The van der Waals surface area contributed by atoms with Crippen molar-refractivity contribution in [3.8, 4) is 0 Å². The lowest BCUT2D eigenvalue weighted by molar-refractivity contribution is -0.122. The molecule has 3 rings (SSSR count). The van der Waals surface area contributed by atoms with Crippen molar-refractivity contribution >= 4 is 16.9 Å². The molecular formula is C19H28N4O2. The zero-order chi connectivity index (χ0) is 17.8. The maximum absolute atomic E-state index is 12.7. The molecule has 0 aliphatic carbocycles. The maximum Gasteiger partial charge on any atom is 0.329 e. The molecule has 0 bridgehead atoms. The molecule has 0 saturated carbocycles. The number of para-hydroxylation sites is 2. The van der Waals surface area contributed by atoms with Crippen LogP contribution in [0.4, 0.5) is 0 Å². The Hall–Kier alpha value is -2.08. The summed E-state index contributed by atoms with van der Waals surface area (Å²) in [6.07, 6.45) is 3.32. The van der Waals surface area contributed by atoms with Gasteiger partial charge < -0.3 is 10.6 Å². The van der Waals surface area contributed by atoms with E-state index in [0.29, 0.717) is 25.6 Å². The highest BCUT2D eigenvalue weighted by molar-refractivity contribution is 5.78. The van der Waals surface area contributed by atoms with Gasteiger partial charge in [0.1, 0.15) is 0 Å². The summed E-state index contributed by atoms with van der Waals surface area (Å²) >= 11 is 0. The molecular weight excluding hydrogens is 316 g/mol. The second kappa shape index (κ2) is 7.87. The number of aromatic nitrogens is 2. The van der Waals surface area contributed by atoms with E-state index in [2.05, 4.69) is 24.5 Å². The highest BCUT2D eigenvalue weighted by Gasteiger charge is 2.22. The van der Waals surface area contributed by atoms with E-state index in [1.165, 1.54) is 0 Å². The van der Waals surface area contributed by atoms with E-state index in [-0.39, 0.29) is 17.6 Å². The second-order valence-corrected chi connectivity index (χ2v) is 6.88. The van der Waals surface area contributed by atoms with Crippen LogP contribution in [-0.2, 0) is 17.9 Å². The average Bonchev–Trinajstić information content (AvgIpc) is 2.88. The Morgan fingerprint density at radius 1 is 1.24 bits per heavy atom. The van der Waals surface area contributed by atoms with Crippen LogP contribution in [0.25, 0.3) is 11.0 Å². The third kappa shape index (κ3) is 3.79. The Kier molecular flexibility index (Phi) is 5.58. The van der Waals surface area contributed by atoms with Gasteiger partial charge in [-0.3, -0.25) is 13.9 Å². The van der Waals surface area contributed by atoms with Crippen molar-refractivity contribution in [1.82, 2.24) is 19.8 Å². The first-order chi connectivity index (χ1) is 12.1. The summed E-state index contributed by atoms with van der Waals surface area (Å²) in [5.74, 6) is 0.0137. The van der Waals surface area contributed by atoms with Gasteiger partial charge in [-0.15, -0.1) is 0 Å². The fourth-order valence-corrected chi connectivity index (χ4v) is 3.66. The third-order valence-electron chi connectivity index (χ3n) is 5.04. The summed E-state index contributed by atoms with van der Waals surface area (Å²) in [7, 11) is 0. The Balaban J connectivity index is 1.71. The fraction of sp³-hybridized carbons (Fsp3) is 0.579. The standard InChI is InChI=1S/C19H28N4O2/c1-3-12-22-16-8-4-5-9-17(16)23(19(22)25)13-10-18(24)21-15-7-6-11-20-14(15)2/h4-5,8-9,14-15,20H,3,6-7,10-13H2,1-2H3,(H,21,24). The molecule has 1 fully saturated rings. The van der Waals surface area contributed by atoms with E-state index in [0.717, 1.165) is 36.8 Å². The molecule has 1 saturated heterocycles. The van der Waals surface area contributed by atoms with Gasteiger partial charge in [-0.25, -0.2) is 4.79 Å². The molecule has 0 spiro atoms. The number of aryl methyl sites for hydroxylation is 2. The van der Waals surface area contributed by atoms with Crippen molar-refractivity contribution < 1.29 is 4.79 Å². The Labute approximate surface area is 148 Å². The van der Waals surface area contributed by atoms with Crippen molar-refractivity contribution in [3.63, 3.8) is 0 Å². The van der Waals surface area contributed by atoms with E-state index in [4.69, 9.17) is 0 Å². The first kappa shape index (κ1) is 17.7. The highest BCUT2D eigenvalue weighted by atomic mass is 16.2. The number of hydrogen-bond acceptors (Lipinski definition) is 3. The predicted octanol–water partition coefficient (Wildman–Crippen LogP) is 1.86. The largest absolute Gasteiger partial charge is 0.352 e. The first-order valence-corrected chi connectivity index (χ1v) is 9.32. The number of carbonyl (C=O) groups is 1. The number of rotatable bonds is 6. The SMILES string of the molecule is CCCn1c(=O)n(CCC(=O)NC2CCCNC2C)c2ccccc21. The number of benzene rings is 1. The maximum atomic E-state index is 12.7. The van der Waals surface area contributed by atoms with Crippen LogP contribution in [-0.4, -0.2) is 33.7 Å². The van der Waals surface area contributed by atoms with Gasteiger partial charge in [0.05, 0.1) is 11.0 Å². The van der Waals surface area contributed by atoms with Gasteiger partial charge in [0.2, 0.25) is 5.91 Å². The van der Waals surface area contributed by atoms with E-state index >= 15 is 0 Å². The monoisotopic (exact) mass is 344 g/mol. The van der Waals surface area contributed by atoms with Crippen molar-refractivity contribution in [1.29, 1.82) is 0 Å². The zero-order valence-electron chi connectivity index (χ0n) is 15.1. The van der Waals surface area contributed by atoms with E-state index < -0.39 is 0 Å². The molecule has 2 heterocycles. The molecule has 1 aliphatic rings. The van der Waals surface area contributed by atoms with Crippen LogP contribution in [0, 0.1) is 0 Å². The topological polar surface area (TPSA) is 68.1 Å². The minimum absolute atomic E-state index is 0.0137. The van der Waals surface area contributed by atoms with Gasteiger partial charge in [0.15, 0.2) is 0 Å². The number of piperidine rings is 1. The molecule has 1 aromatic carbocycles. The summed E-state index contributed by atoms with van der Waals surface area (Å²) in [6.45, 7) is 6.29. The van der Waals surface area contributed by atoms with Crippen LogP contribution < -0.4 is 16.3 Å². The number of imidazole rings is 1. The smallest absolute Gasteiger partial charge is 0.329 e. The second-order valence-electron chi connectivity index (χ2n) is 6.88. The summed E-state index contributed by atoms with van der Waals surface area (Å²) < 4.78 is 3.54. The molecule has 2 N–H and O–H groups in total. The van der Waals surface area contributed by atoms with Crippen LogP contribution >= 0.6 is 0 Å². The number of amides is 1. The molecule has 1 aromatic heterocycles. The number of carbonyl (C=O) groups excluding carboxylic acids is 1. The summed E-state index contributed by atoms with van der Waals surface area (Å²) in [4.78, 5) is 25.1. The Morgan fingerprint density at radius 2 is 1.92 bits per heavy atom. The summed E-state index contributed by atoms with van der Waals surface area (Å²) in [5, 5.41) is 6.50. The summed E-state index contributed by atoms with van der Waals surface area (Å²) in [6, 6.07) is 8.28. The quantitative estimate of drug-likeness (QED) is 0.840. The van der Waals surface area contributed by atoms with Crippen LogP contribution in [0.2, 0.25) is 0 Å². The van der Waals surface area contributed by atoms with Gasteiger partial charge >= 0.3 is 5.69 Å². The molecule has 6 heteroatoms. The van der Waals surface area contributed by atoms with Crippen molar-refractivity contribution in [3.05, 3.63) is 34.7 Å². The van der Waals surface area contributed by atoms with Gasteiger partial charge in [0.25, 0.3) is 0 Å². The third-order valence-corrected chi connectivity index (χ3v) is 5.04. The predicted molar refractivity (Wildman–Crippen MR) is 99.7 cm³/mol. The average molecular weight is 344 g/mol. The number of hydrogen-bond donors (Lipinski definition) is 2. The molecule has 0 radical (unpaired) electrons. The molecule has 6 nitrogen and oxygen atoms in total. The first-order valence-electron chi connectivity index (χ1n) is 9.32. The van der Waals surface area contributed by atoms with Crippen LogP contribution in [0.1, 0.15) is 39.5 Å². The van der Waals surface area contributed by atoms with Gasteiger partial charge in [-0.2, -0.15) is 0 Å². The minimum Gasteiger partial charge on any atom is -0.352 e. The lowest BCUT2D eigenvalue weighted by Gasteiger charge is -2.30. The van der Waals surface area contributed by atoms with E-state index in [1.54, 1.807) is 9.13 Å². The minimum atomic E-state index is -0.0245. The lowest BCUT2D eigenvalue weighted by atomic mass is 10.00.